The number of nitrogens with zero attached hydrogens (tertiary/aromatic N) is 1. The van der Waals surface area contributed by atoms with Gasteiger partial charge in [0.25, 0.3) is 0 Å². The molecule has 0 saturated heterocycles. The maximum atomic E-state index is 11.7. The molecule has 5 nitrogen and oxygen atoms in total. The number of pyridine rings is 1. The Morgan fingerprint density at radius 3 is 2.31 bits per heavy atom. The molecule has 16 heavy (non-hydrogen) atoms. The normalized spacial score (nSPS) is 10.9. The van der Waals surface area contributed by atoms with Gasteiger partial charge in [0.15, 0.2) is 0 Å². The first-order valence-electron chi connectivity index (χ1n) is 3.76. The van der Waals surface area contributed by atoms with Crippen LogP contribution in [0.5, 0.6) is 0 Å². The lowest BCUT2D eigenvalue weighted by Gasteiger charge is -2.08. The SMILES string of the molecule is O=C([O-])c1cncc(C(=O)OC(F)(F)F)c1. The fourth-order valence-electron chi connectivity index (χ4n) is 0.827. The molecule has 0 amide bonds. The molecule has 1 heterocycles. The fraction of sp³-hybridized carbons (Fsp3) is 0.125. The first-order chi connectivity index (χ1) is 7.29. The van der Waals surface area contributed by atoms with Crippen molar-refractivity contribution in [1.29, 1.82) is 0 Å². The van der Waals surface area contributed by atoms with Crippen molar-refractivity contribution >= 4 is 11.9 Å². The van der Waals surface area contributed by atoms with Crippen LogP contribution in [0, 0.1) is 0 Å². The van der Waals surface area contributed by atoms with Crippen LogP contribution < -0.4 is 5.11 Å². The third-order valence-corrected chi connectivity index (χ3v) is 1.42. The molecular formula is C8H3F3NO4-. The molecule has 0 aromatic carbocycles. The number of rotatable bonds is 2. The summed E-state index contributed by atoms with van der Waals surface area (Å²) >= 11 is 0. The van der Waals surface area contributed by atoms with Crippen LogP contribution >= 0.6 is 0 Å². The number of halogens is 3. The zero-order valence-corrected chi connectivity index (χ0v) is 7.45. The van der Waals surface area contributed by atoms with Crippen LogP contribution in [0.1, 0.15) is 20.7 Å². The molecule has 1 rings (SSSR count). The molecule has 0 unspecified atom stereocenters. The van der Waals surface area contributed by atoms with Gasteiger partial charge in [-0.1, -0.05) is 0 Å². The van der Waals surface area contributed by atoms with E-state index in [0.29, 0.717) is 6.07 Å². The predicted octanol–water partition coefficient (Wildman–Crippen LogP) is 0.122. The monoisotopic (exact) mass is 234 g/mol. The average molecular weight is 234 g/mol. The number of hydrogen-bond acceptors (Lipinski definition) is 5. The van der Waals surface area contributed by atoms with Gasteiger partial charge in [0.2, 0.25) is 0 Å². The molecule has 86 valence electrons. The topological polar surface area (TPSA) is 79.3 Å². The lowest BCUT2D eigenvalue weighted by Crippen LogP contribution is -2.24. The summed E-state index contributed by atoms with van der Waals surface area (Å²) in [6, 6.07) is 0.677. The van der Waals surface area contributed by atoms with Crippen molar-refractivity contribution < 1.29 is 32.6 Å². The highest BCUT2D eigenvalue weighted by Gasteiger charge is 2.34. The van der Waals surface area contributed by atoms with Gasteiger partial charge in [-0.25, -0.2) is 4.79 Å². The van der Waals surface area contributed by atoms with Crippen LogP contribution in [-0.4, -0.2) is 23.3 Å². The minimum atomic E-state index is -5.13. The molecule has 0 bridgehead atoms. The minimum absolute atomic E-state index is 0.517. The van der Waals surface area contributed by atoms with Gasteiger partial charge in [-0.2, -0.15) is 0 Å². The number of alkyl halides is 3. The Morgan fingerprint density at radius 1 is 1.25 bits per heavy atom. The van der Waals surface area contributed by atoms with Gasteiger partial charge in [-0.15, -0.1) is 13.2 Å². The van der Waals surface area contributed by atoms with Crippen molar-refractivity contribution in [2.24, 2.45) is 0 Å². The highest BCUT2D eigenvalue weighted by atomic mass is 19.4. The maximum Gasteiger partial charge on any atom is 0.575 e. The van der Waals surface area contributed by atoms with Crippen molar-refractivity contribution in [3.05, 3.63) is 29.6 Å². The molecule has 0 aliphatic carbocycles. The number of carbonyl (C=O) groups excluding carboxylic acids is 2. The standard InChI is InChI=1S/C8H4F3NO4/c9-8(10,11)16-7(15)5-1-4(6(13)14)2-12-3-5/h1-3H,(H,13,14)/p-1. The molecule has 0 saturated carbocycles. The molecule has 0 fully saturated rings. The van der Waals surface area contributed by atoms with Gasteiger partial charge in [0.05, 0.1) is 11.5 Å². The Balaban J connectivity index is 2.92. The van der Waals surface area contributed by atoms with Gasteiger partial charge < -0.3 is 14.6 Å². The highest BCUT2D eigenvalue weighted by molar-refractivity contribution is 5.93. The van der Waals surface area contributed by atoms with Crippen molar-refractivity contribution in [2.75, 3.05) is 0 Å². The number of hydrogen-bond donors (Lipinski definition) is 0. The Hall–Kier alpha value is -2.12. The van der Waals surface area contributed by atoms with Crippen LogP contribution in [0.4, 0.5) is 13.2 Å². The maximum absolute atomic E-state index is 11.7. The van der Waals surface area contributed by atoms with Gasteiger partial charge in [0.1, 0.15) is 0 Å². The molecular weight excluding hydrogens is 231 g/mol. The van der Waals surface area contributed by atoms with Crippen LogP contribution in [0.25, 0.3) is 0 Å². The molecule has 0 N–H and O–H groups in total. The van der Waals surface area contributed by atoms with Crippen molar-refractivity contribution in [1.82, 2.24) is 4.98 Å². The summed E-state index contributed by atoms with van der Waals surface area (Å²) < 4.78 is 38.0. The number of ether oxygens (including phenoxy) is 1. The Kier molecular flexibility index (Phi) is 3.11. The average Bonchev–Trinajstić information content (AvgIpc) is 2.15. The second-order valence-corrected chi connectivity index (χ2v) is 2.59. The lowest BCUT2D eigenvalue weighted by molar-refractivity contribution is -0.291. The number of carboxylic acids is 1. The summed E-state index contributed by atoms with van der Waals surface area (Å²) in [6.07, 6.45) is -3.55. The van der Waals surface area contributed by atoms with E-state index in [9.17, 15) is 27.9 Å². The van der Waals surface area contributed by atoms with Crippen molar-refractivity contribution in [3.63, 3.8) is 0 Å². The van der Waals surface area contributed by atoms with E-state index in [1.54, 1.807) is 0 Å². The van der Waals surface area contributed by atoms with Crippen molar-refractivity contribution in [3.8, 4) is 0 Å². The number of carboxylic acid groups (broad SMARTS) is 1. The Bertz CT molecular complexity index is 430. The number of aromatic carboxylic acids is 1. The van der Waals surface area contributed by atoms with E-state index in [1.807, 2.05) is 0 Å². The molecule has 0 atom stereocenters. The van der Waals surface area contributed by atoms with Gasteiger partial charge in [-0.05, 0) is 6.07 Å². The number of esters is 1. The van der Waals surface area contributed by atoms with E-state index < -0.39 is 29.4 Å². The zero-order chi connectivity index (χ0) is 12.3. The lowest BCUT2D eigenvalue weighted by atomic mass is 10.2. The summed E-state index contributed by atoms with van der Waals surface area (Å²) in [5.74, 6) is -3.39. The highest BCUT2D eigenvalue weighted by Crippen LogP contribution is 2.18. The minimum Gasteiger partial charge on any atom is -0.545 e. The molecule has 0 aliphatic heterocycles. The number of aromatic nitrogens is 1. The first-order valence-corrected chi connectivity index (χ1v) is 3.76. The first kappa shape index (κ1) is 12.0. The van der Waals surface area contributed by atoms with Gasteiger partial charge in [0, 0.05) is 18.0 Å². The summed E-state index contributed by atoms with van der Waals surface area (Å²) in [7, 11) is 0. The van der Waals surface area contributed by atoms with Crippen LogP contribution in [0.3, 0.4) is 0 Å². The third-order valence-electron chi connectivity index (χ3n) is 1.42. The second kappa shape index (κ2) is 4.17. The van der Waals surface area contributed by atoms with Crippen molar-refractivity contribution in [2.45, 2.75) is 6.36 Å². The molecule has 1 aromatic heterocycles. The van der Waals surface area contributed by atoms with E-state index >= 15 is 0 Å². The third kappa shape index (κ3) is 3.23. The smallest absolute Gasteiger partial charge is 0.545 e. The van der Waals surface area contributed by atoms with E-state index in [0.717, 1.165) is 12.4 Å². The van der Waals surface area contributed by atoms with E-state index in [2.05, 4.69) is 9.72 Å². The van der Waals surface area contributed by atoms with Crippen LogP contribution in [-0.2, 0) is 4.74 Å². The summed E-state index contributed by atoms with van der Waals surface area (Å²) in [5.41, 5.74) is -1.14. The molecule has 8 heteroatoms. The Morgan fingerprint density at radius 2 is 1.81 bits per heavy atom. The summed E-state index contributed by atoms with van der Waals surface area (Å²) in [4.78, 5) is 24.4. The molecule has 0 spiro atoms. The van der Waals surface area contributed by atoms with E-state index in [1.165, 1.54) is 0 Å². The van der Waals surface area contributed by atoms with E-state index in [4.69, 9.17) is 0 Å². The van der Waals surface area contributed by atoms with Gasteiger partial charge >= 0.3 is 12.3 Å². The predicted molar refractivity (Wildman–Crippen MR) is 40.0 cm³/mol. The van der Waals surface area contributed by atoms with E-state index in [-0.39, 0.29) is 0 Å². The molecule has 0 radical (unpaired) electrons. The summed E-state index contributed by atoms with van der Waals surface area (Å²) in [6.45, 7) is 0. The molecule has 1 aromatic rings. The summed E-state index contributed by atoms with van der Waals surface area (Å²) in [5, 5.41) is 10.3. The fourth-order valence-corrected chi connectivity index (χ4v) is 0.827. The van der Waals surface area contributed by atoms with Gasteiger partial charge in [-0.3, -0.25) is 4.98 Å². The number of carbonyl (C=O) groups is 2. The molecule has 0 aliphatic rings. The quantitative estimate of drug-likeness (QED) is 0.679. The van der Waals surface area contributed by atoms with Crippen LogP contribution in [0.2, 0.25) is 0 Å². The zero-order valence-electron chi connectivity index (χ0n) is 7.45. The Labute approximate surface area is 86.5 Å². The largest absolute Gasteiger partial charge is 0.575 e. The second-order valence-electron chi connectivity index (χ2n) is 2.59. The van der Waals surface area contributed by atoms with Crippen LogP contribution in [0.15, 0.2) is 18.5 Å².